The molecule has 6 aliphatic carbocycles. The van der Waals surface area contributed by atoms with Crippen molar-refractivity contribution in [3.63, 3.8) is 0 Å². The summed E-state index contributed by atoms with van der Waals surface area (Å²) in [4.78, 5) is 31.3. The zero-order chi connectivity index (χ0) is 42.2. The maximum absolute atomic E-state index is 14.8. The minimum Gasteiger partial charge on any atom is -0.497 e. The summed E-state index contributed by atoms with van der Waals surface area (Å²) in [6.07, 6.45) is 9.72. The summed E-state index contributed by atoms with van der Waals surface area (Å²) in [5, 5.41) is 27.7. The third kappa shape index (κ3) is 8.20. The fraction of sp³-hybridized carbons (Fsp3) is 0.472. The Morgan fingerprint density at radius 2 is 1.60 bits per heavy atom. The first-order valence-corrected chi connectivity index (χ1v) is 22.4. The van der Waals surface area contributed by atoms with Gasteiger partial charge in [-0.2, -0.15) is 0 Å². The summed E-state index contributed by atoms with van der Waals surface area (Å²) in [6, 6.07) is 31.4. The summed E-state index contributed by atoms with van der Waals surface area (Å²) in [6.45, 7) is 9.91. The lowest BCUT2D eigenvalue weighted by molar-refractivity contribution is -0.117. The lowest BCUT2D eigenvalue weighted by Crippen LogP contribution is -2.58. The molecule has 0 aromatic heterocycles. The predicted octanol–water partition coefficient (Wildman–Crippen LogP) is 11.2. The number of aliphatic hydroxyl groups is 2. The minimum atomic E-state index is -1.23. The number of rotatable bonds is 9. The number of nitrogens with one attached hydrogen (secondary N) is 1. The van der Waals surface area contributed by atoms with Crippen molar-refractivity contribution in [2.24, 2.45) is 28.6 Å². The van der Waals surface area contributed by atoms with E-state index in [2.05, 4.69) is 63.4 Å². The van der Waals surface area contributed by atoms with Gasteiger partial charge in [0.25, 0.3) is 0 Å². The van der Waals surface area contributed by atoms with Gasteiger partial charge in [0, 0.05) is 28.8 Å². The van der Waals surface area contributed by atoms with Gasteiger partial charge in [0.05, 0.1) is 25.4 Å². The highest BCUT2D eigenvalue weighted by Crippen LogP contribution is 2.62. The molecule has 2 amide bonds. The third-order valence-electron chi connectivity index (χ3n) is 15.7. The van der Waals surface area contributed by atoms with E-state index in [0.717, 1.165) is 53.2 Å². The van der Waals surface area contributed by atoms with Crippen LogP contribution < -0.4 is 10.1 Å². The third-order valence-corrected chi connectivity index (χ3v) is 15.7. The molecule has 7 nitrogen and oxygen atoms in total. The lowest BCUT2D eigenvalue weighted by Gasteiger charge is -2.60. The Hall–Kier alpha value is -4.72. The number of ether oxygens (including phenoxy) is 1. The fourth-order valence-electron chi connectivity index (χ4n) is 11.7. The molecule has 4 saturated carbocycles. The molecule has 4 fully saturated rings. The van der Waals surface area contributed by atoms with Crippen LogP contribution in [-0.2, 0) is 6.42 Å². The Balaban J connectivity index is 1.16. The van der Waals surface area contributed by atoms with E-state index in [-0.39, 0.29) is 29.7 Å². The second-order valence-corrected chi connectivity index (χ2v) is 19.5. The number of allylic oxidation sites excluding steroid dienone is 2. The summed E-state index contributed by atoms with van der Waals surface area (Å²) in [7, 11) is 1.63. The van der Waals surface area contributed by atoms with E-state index >= 15 is 0 Å². The number of benzene rings is 4. The van der Waals surface area contributed by atoms with Crippen LogP contribution >= 0.6 is 0 Å². The molecule has 4 bridgehead atoms. The molecule has 0 saturated heterocycles. The van der Waals surface area contributed by atoms with Gasteiger partial charge < -0.3 is 25.2 Å². The van der Waals surface area contributed by atoms with Gasteiger partial charge in [-0.15, -0.1) is 0 Å². The Morgan fingerprint density at radius 1 is 0.867 bits per heavy atom. The molecule has 6 aliphatic rings. The molecular weight excluding hydrogens is 745 g/mol. The van der Waals surface area contributed by atoms with E-state index in [4.69, 9.17) is 4.74 Å². The first kappa shape index (κ1) is 42.0. The zero-order valence-corrected chi connectivity index (χ0v) is 36.3. The van der Waals surface area contributed by atoms with E-state index in [1.165, 1.54) is 18.4 Å². The number of hydrogen-bond acceptors (Lipinski definition) is 5. The maximum atomic E-state index is 14.8. The van der Waals surface area contributed by atoms with Gasteiger partial charge in [0.15, 0.2) is 5.78 Å². The minimum absolute atomic E-state index is 0.0548. The van der Waals surface area contributed by atoms with E-state index in [0.29, 0.717) is 67.3 Å². The first-order valence-electron chi connectivity index (χ1n) is 22.4. The normalized spacial score (nSPS) is 28.4. The number of hydrogen-bond donors (Lipinski definition) is 3. The van der Waals surface area contributed by atoms with Crippen molar-refractivity contribution in [2.75, 3.05) is 25.5 Å². The zero-order valence-electron chi connectivity index (χ0n) is 36.3. The predicted molar refractivity (Wildman–Crippen MR) is 240 cm³/mol. The number of amides is 2. The van der Waals surface area contributed by atoms with Crippen LogP contribution in [0.25, 0.3) is 11.1 Å². The Morgan fingerprint density at radius 3 is 2.30 bits per heavy atom. The molecule has 0 radical (unpaired) electrons. The van der Waals surface area contributed by atoms with Crippen molar-refractivity contribution >= 4 is 17.5 Å². The van der Waals surface area contributed by atoms with E-state index < -0.39 is 17.1 Å². The Bertz CT molecular complexity index is 2190. The molecule has 0 spiro atoms. The molecule has 0 aliphatic heterocycles. The molecule has 7 heteroatoms. The number of anilines is 1. The maximum Gasteiger partial charge on any atom is 0.321 e. The van der Waals surface area contributed by atoms with E-state index in [1.807, 2.05) is 77.7 Å². The summed E-state index contributed by atoms with van der Waals surface area (Å²) in [5.41, 5.74) is 5.52. The number of fused-ring (bicyclic) bond motifs is 10. The molecule has 0 heterocycles. The highest BCUT2D eigenvalue weighted by Gasteiger charge is 2.59. The number of carbonyl (C=O) groups is 2. The SMILES string of the molecule is COc1ccc(NC(=O)N(C[C@@H]2CC[C@H]3C[C@@H]2C3(C)C)C[C@]2(O)CC[C@H]3c4ccc(cc4C(=O)c4ccc(-c5ccccc5)cc4)C[C@@H](O)CCC(C)=CCC[C@@]32C)cc1. The van der Waals surface area contributed by atoms with Crippen LogP contribution in [0.4, 0.5) is 10.5 Å². The molecule has 60 heavy (non-hydrogen) atoms. The second-order valence-electron chi connectivity index (χ2n) is 19.5. The van der Waals surface area contributed by atoms with E-state index in [9.17, 15) is 19.8 Å². The van der Waals surface area contributed by atoms with Crippen LogP contribution in [0, 0.1) is 28.6 Å². The number of carbonyl (C=O) groups excluding carboxylic acids is 2. The lowest BCUT2D eigenvalue weighted by atomic mass is 9.45. The fourth-order valence-corrected chi connectivity index (χ4v) is 11.7. The molecule has 0 unspecified atom stereocenters. The summed E-state index contributed by atoms with van der Waals surface area (Å²) < 4.78 is 5.38. The highest BCUT2D eigenvalue weighted by molar-refractivity contribution is 6.10. The Kier molecular flexibility index (Phi) is 11.9. The molecule has 10 rings (SSSR count). The van der Waals surface area contributed by atoms with Crippen molar-refractivity contribution in [1.29, 1.82) is 0 Å². The van der Waals surface area contributed by atoms with Crippen molar-refractivity contribution in [2.45, 2.75) is 110 Å². The summed E-state index contributed by atoms with van der Waals surface area (Å²) >= 11 is 0. The molecule has 4 aromatic carbocycles. The van der Waals surface area contributed by atoms with Crippen LogP contribution in [0.1, 0.15) is 118 Å². The largest absolute Gasteiger partial charge is 0.497 e. The van der Waals surface area contributed by atoms with Crippen molar-refractivity contribution in [1.82, 2.24) is 4.90 Å². The first-order chi connectivity index (χ1) is 28.8. The van der Waals surface area contributed by atoms with Gasteiger partial charge in [0.2, 0.25) is 0 Å². The van der Waals surface area contributed by atoms with Gasteiger partial charge >= 0.3 is 6.03 Å². The molecular formula is C53H64N2O5. The topological polar surface area (TPSA) is 99.1 Å². The van der Waals surface area contributed by atoms with Crippen LogP contribution in [-0.4, -0.2) is 58.8 Å². The van der Waals surface area contributed by atoms with Gasteiger partial charge in [0.1, 0.15) is 5.75 Å². The number of ketones is 1. The molecule has 3 N–H and O–H groups in total. The van der Waals surface area contributed by atoms with Gasteiger partial charge in [-0.25, -0.2) is 4.79 Å². The van der Waals surface area contributed by atoms with Crippen molar-refractivity contribution in [3.05, 3.63) is 131 Å². The summed E-state index contributed by atoms with van der Waals surface area (Å²) in [5.74, 6) is 2.17. The molecule has 316 valence electrons. The number of aliphatic hydroxyl groups excluding tert-OH is 1. The van der Waals surface area contributed by atoms with Crippen LogP contribution in [0.2, 0.25) is 0 Å². The van der Waals surface area contributed by atoms with Crippen LogP contribution in [0.3, 0.4) is 0 Å². The monoisotopic (exact) mass is 808 g/mol. The smallest absolute Gasteiger partial charge is 0.321 e. The van der Waals surface area contributed by atoms with Gasteiger partial charge in [-0.05, 0) is 153 Å². The quantitative estimate of drug-likeness (QED) is 0.116. The number of methoxy groups -OCH3 is 1. The van der Waals surface area contributed by atoms with Gasteiger partial charge in [-0.1, -0.05) is 99.2 Å². The average molecular weight is 809 g/mol. The van der Waals surface area contributed by atoms with Crippen molar-refractivity contribution in [3.8, 4) is 16.9 Å². The van der Waals surface area contributed by atoms with Gasteiger partial charge in [-0.3, -0.25) is 4.79 Å². The van der Waals surface area contributed by atoms with Crippen LogP contribution in [0.5, 0.6) is 5.75 Å². The standard InChI is InChI=1S/C53H64N2O5/c1-35-10-9-28-52(4)47(45-26-14-36(30-43(56)23-13-35)31-46(45)49(57)39-17-15-38(16-18-39)37-11-7-6-8-12-37)27-29-53(52,59)34-55(33-40-19-20-41-32-48(40)51(41,2)3)50(58)54-42-21-24-44(60-5)25-22-42/h6-8,10-12,14-18,21-22,24-26,31,40-41,43,47-48,56,59H,9,13,19-20,23,27-30,32-34H2,1-5H3,(H,54,58)/t40-,41-,43-,47-,48-,52-,53+/m0/s1. The molecule has 7 atom stereocenters. The van der Waals surface area contributed by atoms with E-state index in [1.54, 1.807) is 7.11 Å². The Labute approximate surface area is 357 Å². The van der Waals surface area contributed by atoms with Crippen LogP contribution in [0.15, 0.2) is 109 Å². The highest BCUT2D eigenvalue weighted by atomic mass is 16.5. The number of nitrogens with zero attached hydrogens (tertiary/aromatic N) is 1. The average Bonchev–Trinajstić information content (AvgIpc) is 3.51. The number of urea groups is 1. The molecule has 4 aromatic rings. The second kappa shape index (κ2) is 17.0. The van der Waals surface area contributed by atoms with Crippen molar-refractivity contribution < 1.29 is 24.5 Å².